The Kier molecular flexibility index (Phi) is 6.47. The maximum absolute atomic E-state index is 12.0. The normalized spacial score (nSPS) is 10.2. The van der Waals surface area contributed by atoms with Crippen LogP contribution >= 0.6 is 15.9 Å². The maximum Gasteiger partial charge on any atom is 0.409 e. The fraction of sp³-hybridized carbons (Fsp3) is 0.278. The molecule has 0 aliphatic carbocycles. The Balaban J connectivity index is 1.80. The number of likely N-dealkylation sites (N-methyl/N-ethyl adjacent to an activating group) is 1. The van der Waals surface area contributed by atoms with Crippen LogP contribution in [0.1, 0.15) is 11.1 Å². The Bertz CT molecular complexity index is 646. The average molecular weight is 378 g/mol. The van der Waals surface area contributed by atoms with Crippen LogP contribution in [0, 0.1) is 0 Å². The van der Waals surface area contributed by atoms with Gasteiger partial charge in [0.1, 0.15) is 12.4 Å². The lowest BCUT2D eigenvalue weighted by molar-refractivity contribution is 0.105. The van der Waals surface area contributed by atoms with Crippen molar-refractivity contribution in [2.24, 2.45) is 0 Å². The molecular weight excluding hydrogens is 358 g/mol. The highest BCUT2D eigenvalue weighted by atomic mass is 79.9. The van der Waals surface area contributed by atoms with Gasteiger partial charge in [-0.1, -0.05) is 36.4 Å². The van der Waals surface area contributed by atoms with Gasteiger partial charge in [0, 0.05) is 13.6 Å². The number of ether oxygens (including phenoxy) is 2. The molecule has 0 fully saturated rings. The predicted octanol–water partition coefficient (Wildman–Crippen LogP) is 4.27. The van der Waals surface area contributed by atoms with Crippen LogP contribution < -0.4 is 4.74 Å². The van der Waals surface area contributed by atoms with E-state index in [9.17, 15) is 4.79 Å². The van der Waals surface area contributed by atoms with Crippen LogP contribution in [0.2, 0.25) is 0 Å². The standard InChI is InChI=1S/C18H20BrNO3/c1-20(18(21)23-13-15-6-4-3-5-7-15)11-10-14-8-9-17(22-2)16(19)12-14/h3-9,12H,10-11,13H2,1-2H3. The number of hydrogen-bond acceptors (Lipinski definition) is 3. The van der Waals surface area contributed by atoms with Crippen molar-refractivity contribution in [1.29, 1.82) is 0 Å². The van der Waals surface area contributed by atoms with Crippen molar-refractivity contribution in [3.8, 4) is 5.75 Å². The van der Waals surface area contributed by atoms with Gasteiger partial charge >= 0.3 is 6.09 Å². The second-order valence-electron chi connectivity index (χ2n) is 5.18. The Labute approximate surface area is 145 Å². The van der Waals surface area contributed by atoms with E-state index in [1.807, 2.05) is 48.5 Å². The summed E-state index contributed by atoms with van der Waals surface area (Å²) in [6.07, 6.45) is 0.431. The maximum atomic E-state index is 12.0. The number of carbonyl (C=O) groups excluding carboxylic acids is 1. The molecule has 2 aromatic carbocycles. The molecule has 2 rings (SSSR count). The van der Waals surface area contributed by atoms with Crippen LogP contribution in [0.3, 0.4) is 0 Å². The van der Waals surface area contributed by atoms with E-state index in [1.165, 1.54) is 0 Å². The quantitative estimate of drug-likeness (QED) is 0.754. The molecule has 0 radical (unpaired) electrons. The molecule has 5 heteroatoms. The molecule has 0 saturated carbocycles. The van der Waals surface area contributed by atoms with Gasteiger partial charge in [0.25, 0.3) is 0 Å². The fourth-order valence-electron chi connectivity index (χ4n) is 2.08. The molecule has 0 heterocycles. The summed E-state index contributed by atoms with van der Waals surface area (Å²) < 4.78 is 11.4. The molecule has 0 N–H and O–H groups in total. The molecule has 0 saturated heterocycles. The van der Waals surface area contributed by atoms with Crippen molar-refractivity contribution in [3.05, 3.63) is 64.1 Å². The summed E-state index contributed by atoms with van der Waals surface area (Å²) in [5, 5.41) is 0. The first-order valence-corrected chi connectivity index (χ1v) is 8.13. The van der Waals surface area contributed by atoms with E-state index < -0.39 is 0 Å². The van der Waals surface area contributed by atoms with Gasteiger partial charge < -0.3 is 14.4 Å². The number of hydrogen-bond donors (Lipinski definition) is 0. The highest BCUT2D eigenvalue weighted by Crippen LogP contribution is 2.25. The molecule has 4 nitrogen and oxygen atoms in total. The summed E-state index contributed by atoms with van der Waals surface area (Å²) in [5.41, 5.74) is 2.11. The van der Waals surface area contributed by atoms with Gasteiger partial charge in [-0.2, -0.15) is 0 Å². The molecule has 0 aliphatic heterocycles. The van der Waals surface area contributed by atoms with Gasteiger partial charge in [-0.3, -0.25) is 0 Å². The van der Waals surface area contributed by atoms with Crippen LogP contribution in [0.4, 0.5) is 4.79 Å². The molecular formula is C18H20BrNO3. The fourth-order valence-corrected chi connectivity index (χ4v) is 2.67. The summed E-state index contributed by atoms with van der Waals surface area (Å²) in [4.78, 5) is 13.6. The van der Waals surface area contributed by atoms with Gasteiger partial charge in [0.05, 0.1) is 11.6 Å². The summed E-state index contributed by atoms with van der Waals surface area (Å²) in [6.45, 7) is 0.879. The number of carbonyl (C=O) groups is 1. The molecule has 0 bridgehead atoms. The molecule has 0 atom stereocenters. The summed E-state index contributed by atoms with van der Waals surface area (Å²) in [6, 6.07) is 15.6. The Morgan fingerprint density at radius 1 is 1.13 bits per heavy atom. The van der Waals surface area contributed by atoms with Gasteiger partial charge in [0.2, 0.25) is 0 Å². The Morgan fingerprint density at radius 2 is 1.87 bits per heavy atom. The SMILES string of the molecule is COc1ccc(CCN(C)C(=O)OCc2ccccc2)cc1Br. The number of benzene rings is 2. The van der Waals surface area contributed by atoms with E-state index in [-0.39, 0.29) is 12.7 Å². The zero-order chi connectivity index (χ0) is 16.7. The Hall–Kier alpha value is -2.01. The van der Waals surface area contributed by atoms with Crippen molar-refractivity contribution in [3.63, 3.8) is 0 Å². The number of amides is 1. The first-order valence-electron chi connectivity index (χ1n) is 7.34. The smallest absolute Gasteiger partial charge is 0.409 e. The van der Waals surface area contributed by atoms with Crippen LogP contribution in [0.5, 0.6) is 5.75 Å². The van der Waals surface area contributed by atoms with E-state index in [4.69, 9.17) is 9.47 Å². The van der Waals surface area contributed by atoms with Crippen molar-refractivity contribution >= 4 is 22.0 Å². The topological polar surface area (TPSA) is 38.8 Å². The second kappa shape index (κ2) is 8.58. The van der Waals surface area contributed by atoms with E-state index in [1.54, 1.807) is 19.1 Å². The largest absolute Gasteiger partial charge is 0.496 e. The van der Waals surface area contributed by atoms with Crippen LogP contribution in [-0.2, 0) is 17.8 Å². The molecule has 0 unspecified atom stereocenters. The highest BCUT2D eigenvalue weighted by molar-refractivity contribution is 9.10. The van der Waals surface area contributed by atoms with Crippen molar-refractivity contribution in [1.82, 2.24) is 4.90 Å². The van der Waals surface area contributed by atoms with E-state index >= 15 is 0 Å². The second-order valence-corrected chi connectivity index (χ2v) is 6.03. The molecule has 0 aliphatic rings. The zero-order valence-electron chi connectivity index (χ0n) is 13.3. The van der Waals surface area contributed by atoms with Crippen LogP contribution in [0.15, 0.2) is 53.0 Å². The van der Waals surface area contributed by atoms with Gasteiger partial charge in [-0.05, 0) is 45.6 Å². The third kappa shape index (κ3) is 5.28. The average Bonchev–Trinajstić information content (AvgIpc) is 2.58. The van der Waals surface area contributed by atoms with Crippen molar-refractivity contribution < 1.29 is 14.3 Å². The van der Waals surface area contributed by atoms with Crippen LogP contribution in [-0.4, -0.2) is 31.7 Å². The minimum Gasteiger partial charge on any atom is -0.496 e. The minimum atomic E-state index is -0.318. The molecule has 0 spiro atoms. The summed E-state index contributed by atoms with van der Waals surface area (Å²) in [7, 11) is 3.38. The third-order valence-electron chi connectivity index (χ3n) is 3.47. The third-order valence-corrected chi connectivity index (χ3v) is 4.09. The number of nitrogens with zero attached hydrogens (tertiary/aromatic N) is 1. The highest BCUT2D eigenvalue weighted by Gasteiger charge is 2.10. The Morgan fingerprint density at radius 3 is 2.52 bits per heavy atom. The number of halogens is 1. The lowest BCUT2D eigenvalue weighted by Gasteiger charge is -2.17. The lowest BCUT2D eigenvalue weighted by atomic mass is 10.1. The molecule has 2 aromatic rings. The molecule has 0 aromatic heterocycles. The van der Waals surface area contributed by atoms with Gasteiger partial charge in [-0.25, -0.2) is 4.79 Å². The van der Waals surface area contributed by atoms with Gasteiger partial charge in [0.15, 0.2) is 0 Å². The predicted molar refractivity (Wildman–Crippen MR) is 93.7 cm³/mol. The molecule has 122 valence electrons. The summed E-state index contributed by atoms with van der Waals surface area (Å²) >= 11 is 3.46. The molecule has 1 amide bonds. The first kappa shape index (κ1) is 17.3. The molecule has 23 heavy (non-hydrogen) atoms. The minimum absolute atomic E-state index is 0.290. The van der Waals surface area contributed by atoms with E-state index in [2.05, 4.69) is 15.9 Å². The number of rotatable bonds is 6. The van der Waals surface area contributed by atoms with Crippen molar-refractivity contribution in [2.45, 2.75) is 13.0 Å². The zero-order valence-corrected chi connectivity index (χ0v) is 14.9. The van der Waals surface area contributed by atoms with E-state index in [0.29, 0.717) is 6.54 Å². The van der Waals surface area contributed by atoms with Crippen LogP contribution in [0.25, 0.3) is 0 Å². The lowest BCUT2D eigenvalue weighted by Crippen LogP contribution is -2.29. The number of methoxy groups -OCH3 is 1. The van der Waals surface area contributed by atoms with Crippen molar-refractivity contribution in [2.75, 3.05) is 20.7 Å². The monoisotopic (exact) mass is 377 g/mol. The van der Waals surface area contributed by atoms with E-state index in [0.717, 1.165) is 27.8 Å². The first-order chi connectivity index (χ1) is 11.1. The summed E-state index contributed by atoms with van der Waals surface area (Å²) in [5.74, 6) is 0.796. The van der Waals surface area contributed by atoms with Gasteiger partial charge in [-0.15, -0.1) is 0 Å².